The predicted octanol–water partition coefficient (Wildman–Crippen LogP) is 5.49. The molecular formula is C19H15Cl2NO4S. The zero-order chi connectivity index (χ0) is 19.4. The van der Waals surface area contributed by atoms with E-state index in [4.69, 9.17) is 37.4 Å². The summed E-state index contributed by atoms with van der Waals surface area (Å²) in [5.74, 6) is 0.661. The van der Waals surface area contributed by atoms with Crippen LogP contribution < -0.4 is 9.47 Å². The highest BCUT2D eigenvalue weighted by atomic mass is 35.5. The maximum Gasteiger partial charge on any atom is 0.340 e. The molecule has 0 spiro atoms. The topological polar surface area (TPSA) is 57.7 Å². The number of aromatic nitrogens is 1. The van der Waals surface area contributed by atoms with Gasteiger partial charge in [-0.25, -0.2) is 9.78 Å². The summed E-state index contributed by atoms with van der Waals surface area (Å²) < 4.78 is 16.1. The number of nitrogens with zero attached hydrogens (tertiary/aromatic N) is 1. The summed E-state index contributed by atoms with van der Waals surface area (Å²) in [5.41, 5.74) is 1.64. The van der Waals surface area contributed by atoms with Gasteiger partial charge in [0.15, 0.2) is 11.5 Å². The van der Waals surface area contributed by atoms with Gasteiger partial charge in [-0.2, -0.15) is 0 Å². The first-order chi connectivity index (χ1) is 13.0. The zero-order valence-corrected chi connectivity index (χ0v) is 16.8. The third kappa shape index (κ3) is 4.35. The first-order valence-corrected chi connectivity index (χ1v) is 9.45. The molecule has 5 nitrogen and oxygen atoms in total. The molecule has 1 heterocycles. The molecule has 0 saturated heterocycles. The molecule has 3 aromatic rings. The number of esters is 1. The summed E-state index contributed by atoms with van der Waals surface area (Å²) >= 11 is 13.3. The molecule has 140 valence electrons. The fraction of sp³-hybridized carbons (Fsp3) is 0.158. The van der Waals surface area contributed by atoms with Gasteiger partial charge in [-0.15, -0.1) is 11.3 Å². The molecule has 0 aliphatic heterocycles. The van der Waals surface area contributed by atoms with Crippen LogP contribution >= 0.6 is 34.5 Å². The molecule has 0 fully saturated rings. The molecule has 0 radical (unpaired) electrons. The van der Waals surface area contributed by atoms with Crippen molar-refractivity contribution in [2.24, 2.45) is 0 Å². The Bertz CT molecular complexity index is 974. The number of hydrogen-bond acceptors (Lipinski definition) is 6. The SMILES string of the molecule is COc1cccc(-c2nc(COC(=O)c3cc(Cl)ccc3Cl)cs2)c1OC. The van der Waals surface area contributed by atoms with Gasteiger partial charge in [0.25, 0.3) is 0 Å². The summed E-state index contributed by atoms with van der Waals surface area (Å²) in [6.45, 7) is 0.0183. The van der Waals surface area contributed by atoms with Crippen LogP contribution in [0.15, 0.2) is 41.8 Å². The molecule has 2 aromatic carbocycles. The number of para-hydroxylation sites is 1. The van der Waals surface area contributed by atoms with Crippen molar-refractivity contribution in [1.82, 2.24) is 4.98 Å². The molecule has 0 bridgehead atoms. The Balaban J connectivity index is 1.75. The quantitative estimate of drug-likeness (QED) is 0.490. The normalized spacial score (nSPS) is 10.5. The van der Waals surface area contributed by atoms with Crippen LogP contribution in [0.4, 0.5) is 0 Å². The van der Waals surface area contributed by atoms with E-state index in [1.807, 2.05) is 23.6 Å². The highest BCUT2D eigenvalue weighted by molar-refractivity contribution is 7.13. The summed E-state index contributed by atoms with van der Waals surface area (Å²) in [5, 5.41) is 3.25. The lowest BCUT2D eigenvalue weighted by molar-refractivity contribution is 0.0468. The maximum atomic E-state index is 12.2. The molecule has 0 N–H and O–H groups in total. The van der Waals surface area contributed by atoms with Crippen LogP contribution in [0.25, 0.3) is 10.6 Å². The number of ether oxygens (including phenoxy) is 3. The number of carbonyl (C=O) groups excluding carboxylic acids is 1. The van der Waals surface area contributed by atoms with E-state index in [1.165, 1.54) is 17.4 Å². The Hall–Kier alpha value is -2.28. The Morgan fingerprint density at radius 2 is 1.96 bits per heavy atom. The average Bonchev–Trinajstić information content (AvgIpc) is 3.16. The molecule has 0 atom stereocenters. The molecule has 3 rings (SSSR count). The van der Waals surface area contributed by atoms with Gasteiger partial charge in [-0.05, 0) is 30.3 Å². The lowest BCUT2D eigenvalue weighted by Gasteiger charge is -2.10. The van der Waals surface area contributed by atoms with Gasteiger partial charge in [0.2, 0.25) is 0 Å². The first kappa shape index (κ1) is 19.5. The Labute approximate surface area is 170 Å². The second-order valence-electron chi connectivity index (χ2n) is 5.39. The standard InChI is InChI=1S/C19H15Cl2NO4S/c1-24-16-5-3-4-13(17(16)25-2)18-22-12(10-27-18)9-26-19(23)14-8-11(20)6-7-15(14)21/h3-8,10H,9H2,1-2H3. The van der Waals surface area contributed by atoms with E-state index >= 15 is 0 Å². The molecule has 0 aliphatic carbocycles. The fourth-order valence-electron chi connectivity index (χ4n) is 2.42. The van der Waals surface area contributed by atoms with Gasteiger partial charge in [0.05, 0.1) is 36.1 Å². The highest BCUT2D eigenvalue weighted by Crippen LogP contribution is 2.39. The average molecular weight is 424 g/mol. The number of benzene rings is 2. The number of rotatable bonds is 6. The van der Waals surface area contributed by atoms with Crippen molar-refractivity contribution in [3.8, 4) is 22.1 Å². The molecule has 0 amide bonds. The molecule has 8 heteroatoms. The third-order valence-electron chi connectivity index (χ3n) is 3.68. The number of carbonyl (C=O) groups is 1. The molecular weight excluding hydrogens is 409 g/mol. The van der Waals surface area contributed by atoms with Crippen LogP contribution in [0, 0.1) is 0 Å². The van der Waals surface area contributed by atoms with Gasteiger partial charge < -0.3 is 14.2 Å². The van der Waals surface area contributed by atoms with Gasteiger partial charge in [-0.3, -0.25) is 0 Å². The first-order valence-electron chi connectivity index (χ1n) is 7.81. The lowest BCUT2D eigenvalue weighted by Crippen LogP contribution is -2.06. The van der Waals surface area contributed by atoms with E-state index in [-0.39, 0.29) is 17.2 Å². The van der Waals surface area contributed by atoms with Crippen LogP contribution in [-0.2, 0) is 11.3 Å². The van der Waals surface area contributed by atoms with E-state index in [9.17, 15) is 4.79 Å². The fourth-order valence-corrected chi connectivity index (χ4v) is 3.62. The monoisotopic (exact) mass is 423 g/mol. The van der Waals surface area contributed by atoms with E-state index in [0.717, 1.165) is 10.6 Å². The van der Waals surface area contributed by atoms with Crippen LogP contribution in [0.5, 0.6) is 11.5 Å². The summed E-state index contributed by atoms with van der Waals surface area (Å²) in [4.78, 5) is 16.7. The zero-order valence-electron chi connectivity index (χ0n) is 14.5. The highest BCUT2D eigenvalue weighted by Gasteiger charge is 2.16. The number of thiazole rings is 1. The van der Waals surface area contributed by atoms with Crippen molar-refractivity contribution in [2.45, 2.75) is 6.61 Å². The van der Waals surface area contributed by atoms with Crippen molar-refractivity contribution in [1.29, 1.82) is 0 Å². The minimum atomic E-state index is -0.559. The van der Waals surface area contributed by atoms with E-state index < -0.39 is 5.97 Å². The summed E-state index contributed by atoms with van der Waals surface area (Å²) in [6.07, 6.45) is 0. The maximum absolute atomic E-state index is 12.2. The van der Waals surface area contributed by atoms with Gasteiger partial charge in [0, 0.05) is 10.4 Å². The van der Waals surface area contributed by atoms with Crippen molar-refractivity contribution in [3.05, 3.63) is 63.1 Å². The van der Waals surface area contributed by atoms with Gasteiger partial charge >= 0.3 is 5.97 Å². The molecule has 27 heavy (non-hydrogen) atoms. The number of methoxy groups -OCH3 is 2. The van der Waals surface area contributed by atoms with Crippen LogP contribution in [-0.4, -0.2) is 25.2 Å². The minimum Gasteiger partial charge on any atom is -0.493 e. The molecule has 1 aromatic heterocycles. The summed E-state index contributed by atoms with van der Waals surface area (Å²) in [7, 11) is 3.15. The lowest BCUT2D eigenvalue weighted by atomic mass is 10.2. The molecule has 0 unspecified atom stereocenters. The van der Waals surface area contributed by atoms with Crippen molar-refractivity contribution >= 4 is 40.5 Å². The number of halogens is 2. The number of hydrogen-bond donors (Lipinski definition) is 0. The van der Waals surface area contributed by atoms with Crippen molar-refractivity contribution in [2.75, 3.05) is 14.2 Å². The molecule has 0 aliphatic rings. The predicted molar refractivity (Wildman–Crippen MR) is 106 cm³/mol. The van der Waals surface area contributed by atoms with Crippen molar-refractivity contribution in [3.63, 3.8) is 0 Å². The summed E-state index contributed by atoms with van der Waals surface area (Å²) in [6, 6.07) is 10.2. The Kier molecular flexibility index (Phi) is 6.21. The van der Waals surface area contributed by atoms with Crippen LogP contribution in [0.2, 0.25) is 10.0 Å². The largest absolute Gasteiger partial charge is 0.493 e. The van der Waals surface area contributed by atoms with E-state index in [0.29, 0.717) is 22.2 Å². The second kappa shape index (κ2) is 8.61. The second-order valence-corrected chi connectivity index (χ2v) is 7.09. The van der Waals surface area contributed by atoms with Crippen LogP contribution in [0.1, 0.15) is 16.1 Å². The van der Waals surface area contributed by atoms with Gasteiger partial charge in [0.1, 0.15) is 11.6 Å². The molecule has 0 saturated carbocycles. The minimum absolute atomic E-state index is 0.0183. The van der Waals surface area contributed by atoms with Crippen molar-refractivity contribution < 1.29 is 19.0 Å². The van der Waals surface area contributed by atoms with E-state index in [2.05, 4.69) is 4.98 Å². The Morgan fingerprint density at radius 3 is 2.70 bits per heavy atom. The Morgan fingerprint density at radius 1 is 1.15 bits per heavy atom. The third-order valence-corrected chi connectivity index (χ3v) is 5.17. The van der Waals surface area contributed by atoms with Gasteiger partial charge in [-0.1, -0.05) is 29.3 Å². The van der Waals surface area contributed by atoms with Crippen LogP contribution in [0.3, 0.4) is 0 Å². The van der Waals surface area contributed by atoms with E-state index in [1.54, 1.807) is 26.4 Å². The smallest absolute Gasteiger partial charge is 0.340 e.